The highest BCUT2D eigenvalue weighted by Crippen LogP contribution is 2.20. The number of nitrogens with zero attached hydrogens (tertiary/aromatic N) is 1. The standard InChI is InChI=1S/C15H25BrN2/c1-4-13(5-2)15(10-17)18(3)11-12-7-6-8-14(16)9-12/h6-9,13,15H,4-5,10-11,17H2,1-3H3. The van der Waals surface area contributed by atoms with Crippen LogP contribution in [0.15, 0.2) is 28.7 Å². The van der Waals surface area contributed by atoms with E-state index < -0.39 is 0 Å². The molecule has 1 aromatic rings. The first-order valence-corrected chi connectivity index (χ1v) is 7.56. The number of halogens is 1. The molecule has 0 aliphatic rings. The lowest BCUT2D eigenvalue weighted by Crippen LogP contribution is -2.42. The highest BCUT2D eigenvalue weighted by atomic mass is 79.9. The van der Waals surface area contributed by atoms with Gasteiger partial charge in [0.05, 0.1) is 0 Å². The molecule has 1 rings (SSSR count). The molecule has 0 saturated heterocycles. The van der Waals surface area contributed by atoms with Crippen molar-refractivity contribution in [3.05, 3.63) is 34.3 Å². The maximum atomic E-state index is 5.96. The van der Waals surface area contributed by atoms with Gasteiger partial charge in [-0.25, -0.2) is 0 Å². The molecule has 0 amide bonds. The second-order valence-electron chi connectivity index (χ2n) is 4.92. The van der Waals surface area contributed by atoms with Crippen LogP contribution >= 0.6 is 15.9 Å². The van der Waals surface area contributed by atoms with E-state index in [2.05, 4.69) is 66.0 Å². The lowest BCUT2D eigenvalue weighted by Gasteiger charge is -2.33. The van der Waals surface area contributed by atoms with Gasteiger partial charge >= 0.3 is 0 Å². The zero-order chi connectivity index (χ0) is 13.5. The van der Waals surface area contributed by atoms with Gasteiger partial charge in [-0.1, -0.05) is 54.8 Å². The first kappa shape index (κ1) is 15.7. The van der Waals surface area contributed by atoms with Crippen LogP contribution in [0.4, 0.5) is 0 Å². The van der Waals surface area contributed by atoms with Crippen LogP contribution in [0.2, 0.25) is 0 Å². The third kappa shape index (κ3) is 4.38. The number of nitrogens with two attached hydrogens (primary N) is 1. The quantitative estimate of drug-likeness (QED) is 0.832. The van der Waals surface area contributed by atoms with E-state index in [0.717, 1.165) is 17.6 Å². The van der Waals surface area contributed by atoms with E-state index in [1.54, 1.807) is 0 Å². The third-order valence-corrected chi connectivity index (χ3v) is 4.21. The summed E-state index contributed by atoms with van der Waals surface area (Å²) in [6.07, 6.45) is 2.39. The average molecular weight is 313 g/mol. The molecule has 2 N–H and O–H groups in total. The van der Waals surface area contributed by atoms with E-state index in [4.69, 9.17) is 5.73 Å². The summed E-state index contributed by atoms with van der Waals surface area (Å²) in [5, 5.41) is 0. The second kappa shape index (κ2) is 7.93. The lowest BCUT2D eigenvalue weighted by molar-refractivity contribution is 0.165. The van der Waals surface area contributed by atoms with E-state index in [1.165, 1.54) is 18.4 Å². The molecule has 102 valence electrons. The van der Waals surface area contributed by atoms with Crippen molar-refractivity contribution in [1.29, 1.82) is 0 Å². The number of hydrogen-bond donors (Lipinski definition) is 1. The molecule has 1 unspecified atom stereocenters. The normalized spacial score (nSPS) is 13.3. The Kier molecular flexibility index (Phi) is 6.90. The third-order valence-electron chi connectivity index (χ3n) is 3.72. The van der Waals surface area contributed by atoms with Crippen LogP contribution in [-0.2, 0) is 6.54 Å². The van der Waals surface area contributed by atoms with Gasteiger partial charge in [-0.2, -0.15) is 0 Å². The molecule has 3 heteroatoms. The smallest absolute Gasteiger partial charge is 0.0246 e. The fourth-order valence-corrected chi connectivity index (χ4v) is 3.05. The molecule has 0 aliphatic carbocycles. The van der Waals surface area contributed by atoms with E-state index in [9.17, 15) is 0 Å². The van der Waals surface area contributed by atoms with Gasteiger partial charge in [0, 0.05) is 23.6 Å². The van der Waals surface area contributed by atoms with Crippen LogP contribution in [0.1, 0.15) is 32.3 Å². The largest absolute Gasteiger partial charge is 0.329 e. The molecule has 0 bridgehead atoms. The fourth-order valence-electron chi connectivity index (χ4n) is 2.61. The Morgan fingerprint density at radius 3 is 2.44 bits per heavy atom. The molecule has 0 heterocycles. The topological polar surface area (TPSA) is 29.3 Å². The average Bonchev–Trinajstić information content (AvgIpc) is 2.35. The second-order valence-corrected chi connectivity index (χ2v) is 5.84. The Morgan fingerprint density at radius 1 is 1.28 bits per heavy atom. The molecule has 0 spiro atoms. The maximum absolute atomic E-state index is 5.96. The molecule has 18 heavy (non-hydrogen) atoms. The van der Waals surface area contributed by atoms with Crippen LogP contribution in [-0.4, -0.2) is 24.5 Å². The summed E-state index contributed by atoms with van der Waals surface area (Å²) < 4.78 is 1.14. The number of rotatable bonds is 7. The first-order chi connectivity index (χ1) is 8.62. The molecule has 0 fully saturated rings. The number of likely N-dealkylation sites (N-methyl/N-ethyl adjacent to an activating group) is 1. The Balaban J connectivity index is 2.70. The molecule has 1 aromatic carbocycles. The Labute approximate surface area is 120 Å². The van der Waals surface area contributed by atoms with Crippen LogP contribution < -0.4 is 5.73 Å². The Bertz CT molecular complexity index is 350. The Morgan fingerprint density at radius 2 is 1.94 bits per heavy atom. The van der Waals surface area contributed by atoms with Crippen LogP contribution in [0, 0.1) is 5.92 Å². The minimum atomic E-state index is 0.471. The minimum absolute atomic E-state index is 0.471. The monoisotopic (exact) mass is 312 g/mol. The molecule has 0 aliphatic heterocycles. The van der Waals surface area contributed by atoms with Gasteiger partial charge in [-0.3, -0.25) is 4.90 Å². The summed E-state index contributed by atoms with van der Waals surface area (Å²) in [6.45, 7) is 6.20. The molecule has 1 atom stereocenters. The van der Waals surface area contributed by atoms with E-state index >= 15 is 0 Å². The van der Waals surface area contributed by atoms with Gasteiger partial charge in [-0.15, -0.1) is 0 Å². The predicted octanol–water partition coefficient (Wildman–Crippen LogP) is 3.64. The van der Waals surface area contributed by atoms with Gasteiger partial charge in [0.15, 0.2) is 0 Å². The number of hydrogen-bond acceptors (Lipinski definition) is 2. The summed E-state index contributed by atoms with van der Waals surface area (Å²) in [5.74, 6) is 0.687. The summed E-state index contributed by atoms with van der Waals surface area (Å²) >= 11 is 3.52. The highest BCUT2D eigenvalue weighted by Gasteiger charge is 2.21. The fraction of sp³-hybridized carbons (Fsp3) is 0.600. The van der Waals surface area contributed by atoms with E-state index in [1.807, 2.05) is 0 Å². The molecule has 0 saturated carbocycles. The van der Waals surface area contributed by atoms with Crippen molar-refractivity contribution >= 4 is 15.9 Å². The summed E-state index contributed by atoms with van der Waals surface area (Å²) in [7, 11) is 2.18. The molecular formula is C15H25BrN2. The van der Waals surface area contributed by atoms with Gasteiger partial charge < -0.3 is 5.73 Å². The summed E-state index contributed by atoms with van der Waals surface area (Å²) in [4.78, 5) is 2.39. The zero-order valence-electron chi connectivity index (χ0n) is 11.7. The SMILES string of the molecule is CCC(CC)C(CN)N(C)Cc1cccc(Br)c1. The van der Waals surface area contributed by atoms with Crippen molar-refractivity contribution in [3.8, 4) is 0 Å². The van der Waals surface area contributed by atoms with E-state index in [0.29, 0.717) is 12.0 Å². The zero-order valence-corrected chi connectivity index (χ0v) is 13.3. The van der Waals surface area contributed by atoms with Crippen molar-refractivity contribution in [2.45, 2.75) is 39.3 Å². The van der Waals surface area contributed by atoms with Gasteiger partial charge in [-0.05, 0) is 30.7 Å². The van der Waals surface area contributed by atoms with Gasteiger partial charge in [0.1, 0.15) is 0 Å². The Hall–Kier alpha value is -0.380. The van der Waals surface area contributed by atoms with Crippen molar-refractivity contribution < 1.29 is 0 Å². The van der Waals surface area contributed by atoms with Crippen molar-refractivity contribution in [1.82, 2.24) is 4.90 Å². The predicted molar refractivity (Wildman–Crippen MR) is 82.5 cm³/mol. The lowest BCUT2D eigenvalue weighted by atomic mass is 9.93. The van der Waals surface area contributed by atoms with Crippen LogP contribution in [0.3, 0.4) is 0 Å². The molecule has 2 nitrogen and oxygen atoms in total. The molecule has 0 radical (unpaired) electrons. The first-order valence-electron chi connectivity index (χ1n) is 6.77. The maximum Gasteiger partial charge on any atom is 0.0246 e. The molecular weight excluding hydrogens is 288 g/mol. The van der Waals surface area contributed by atoms with Crippen molar-refractivity contribution in [2.24, 2.45) is 11.7 Å². The van der Waals surface area contributed by atoms with Gasteiger partial charge in [0.25, 0.3) is 0 Å². The molecule has 0 aromatic heterocycles. The van der Waals surface area contributed by atoms with Gasteiger partial charge in [0.2, 0.25) is 0 Å². The number of benzene rings is 1. The summed E-state index contributed by atoms with van der Waals surface area (Å²) in [5.41, 5.74) is 7.29. The van der Waals surface area contributed by atoms with E-state index in [-0.39, 0.29) is 0 Å². The van der Waals surface area contributed by atoms with Crippen LogP contribution in [0.5, 0.6) is 0 Å². The van der Waals surface area contributed by atoms with Crippen LogP contribution in [0.25, 0.3) is 0 Å². The van der Waals surface area contributed by atoms with Crippen molar-refractivity contribution in [2.75, 3.05) is 13.6 Å². The van der Waals surface area contributed by atoms with Crippen molar-refractivity contribution in [3.63, 3.8) is 0 Å². The summed E-state index contributed by atoms with van der Waals surface area (Å²) in [6, 6.07) is 8.96. The highest BCUT2D eigenvalue weighted by molar-refractivity contribution is 9.10. The minimum Gasteiger partial charge on any atom is -0.329 e.